The summed E-state index contributed by atoms with van der Waals surface area (Å²) in [6, 6.07) is 42.1. The second-order valence-corrected chi connectivity index (χ2v) is 12.8. The van der Waals surface area contributed by atoms with Crippen molar-refractivity contribution >= 4 is 23.7 Å². The minimum Gasteiger partial charge on any atom is -0.497 e. The summed E-state index contributed by atoms with van der Waals surface area (Å²) in [7, 11) is -1.85. The third-order valence-corrected chi connectivity index (χ3v) is 10.8. The van der Waals surface area contributed by atoms with Gasteiger partial charge in [0.25, 0.3) is 5.91 Å². The van der Waals surface area contributed by atoms with Crippen molar-refractivity contribution in [3.8, 4) is 11.5 Å². The lowest BCUT2D eigenvalue weighted by Gasteiger charge is -2.34. The van der Waals surface area contributed by atoms with Crippen LogP contribution in [0.15, 0.2) is 133 Å². The lowest BCUT2D eigenvalue weighted by molar-refractivity contribution is 0.0756. The van der Waals surface area contributed by atoms with Gasteiger partial charge in [-0.05, 0) is 35.4 Å². The molecule has 1 amide bonds. The van der Waals surface area contributed by atoms with Crippen LogP contribution in [0.4, 0.5) is 0 Å². The molecule has 5 aromatic rings. The van der Waals surface area contributed by atoms with E-state index >= 15 is 4.57 Å². The van der Waals surface area contributed by atoms with Crippen LogP contribution >= 0.6 is 7.14 Å². The molecule has 5 nitrogen and oxygen atoms in total. The standard InChI is InChI=1S/C35H30NO4P/c1-39-28-22-20-26(21-23-28)24-36-34(37)31-18-11-19-32(40-25-27-12-5-2-6-13-27)33(31)35(36)41(38,29-14-7-3-8-15-29)30-16-9-4-10-17-30/h2-23,35H,24-25H2,1H3. The smallest absolute Gasteiger partial charge is 0.255 e. The Bertz CT molecular complexity index is 1650. The number of carbonyl (C=O) groups is 1. The number of amides is 1. The average Bonchev–Trinajstić information content (AvgIpc) is 3.33. The molecule has 0 N–H and O–H groups in total. The third kappa shape index (κ3) is 5.05. The van der Waals surface area contributed by atoms with Crippen molar-refractivity contribution in [3.63, 3.8) is 0 Å². The molecule has 1 atom stereocenters. The second-order valence-electron chi connectivity index (χ2n) is 9.98. The van der Waals surface area contributed by atoms with Gasteiger partial charge in [-0.3, -0.25) is 4.79 Å². The highest BCUT2D eigenvalue weighted by Crippen LogP contribution is 2.63. The summed E-state index contributed by atoms with van der Waals surface area (Å²) < 4.78 is 27.5. The van der Waals surface area contributed by atoms with Crippen molar-refractivity contribution in [1.82, 2.24) is 4.90 Å². The van der Waals surface area contributed by atoms with Gasteiger partial charge in [0.2, 0.25) is 0 Å². The fraction of sp³-hybridized carbons (Fsp3) is 0.114. The molecule has 0 aromatic heterocycles. The molecule has 0 fully saturated rings. The van der Waals surface area contributed by atoms with E-state index in [2.05, 4.69) is 0 Å². The minimum absolute atomic E-state index is 0.168. The Kier molecular flexibility index (Phi) is 7.45. The van der Waals surface area contributed by atoms with Gasteiger partial charge in [-0.2, -0.15) is 0 Å². The maximum Gasteiger partial charge on any atom is 0.255 e. The summed E-state index contributed by atoms with van der Waals surface area (Å²) >= 11 is 0. The van der Waals surface area contributed by atoms with Crippen molar-refractivity contribution in [1.29, 1.82) is 0 Å². The number of carbonyl (C=O) groups excluding carboxylic acids is 1. The van der Waals surface area contributed by atoms with Gasteiger partial charge in [-0.1, -0.05) is 109 Å². The fourth-order valence-electron chi connectivity index (χ4n) is 5.47. The molecule has 6 heteroatoms. The molecule has 6 rings (SSSR count). The number of fused-ring (bicyclic) bond motifs is 1. The maximum atomic E-state index is 15.8. The highest BCUT2D eigenvalue weighted by atomic mass is 31.2. The van der Waals surface area contributed by atoms with Gasteiger partial charge in [0, 0.05) is 28.3 Å². The van der Waals surface area contributed by atoms with Gasteiger partial charge < -0.3 is 18.9 Å². The lowest BCUT2D eigenvalue weighted by atomic mass is 10.1. The van der Waals surface area contributed by atoms with Gasteiger partial charge in [-0.25, -0.2) is 0 Å². The first-order chi connectivity index (χ1) is 20.1. The van der Waals surface area contributed by atoms with E-state index in [0.717, 1.165) is 16.9 Å². The number of benzene rings is 5. The Morgan fingerprint density at radius 1 is 0.683 bits per heavy atom. The Morgan fingerprint density at radius 2 is 1.27 bits per heavy atom. The molecule has 1 aliphatic rings. The average molecular weight is 560 g/mol. The molecule has 1 aliphatic heterocycles. The van der Waals surface area contributed by atoms with Crippen molar-refractivity contribution in [2.45, 2.75) is 18.9 Å². The molecule has 0 spiro atoms. The molecule has 1 heterocycles. The molecule has 1 unspecified atom stereocenters. The first-order valence-electron chi connectivity index (χ1n) is 13.5. The van der Waals surface area contributed by atoms with Crippen LogP contribution in [-0.4, -0.2) is 17.9 Å². The summed E-state index contributed by atoms with van der Waals surface area (Å²) in [4.78, 5) is 15.9. The monoisotopic (exact) mass is 559 g/mol. The lowest BCUT2D eigenvalue weighted by Crippen LogP contribution is -2.33. The minimum atomic E-state index is -3.47. The van der Waals surface area contributed by atoms with E-state index in [9.17, 15) is 4.79 Å². The van der Waals surface area contributed by atoms with E-state index in [4.69, 9.17) is 9.47 Å². The summed E-state index contributed by atoms with van der Waals surface area (Å²) in [5.41, 5.74) is 3.10. The van der Waals surface area contributed by atoms with E-state index < -0.39 is 12.9 Å². The quantitative estimate of drug-likeness (QED) is 0.184. The van der Waals surface area contributed by atoms with Crippen LogP contribution in [-0.2, 0) is 17.7 Å². The van der Waals surface area contributed by atoms with E-state index in [1.807, 2.05) is 133 Å². The zero-order valence-electron chi connectivity index (χ0n) is 22.7. The van der Waals surface area contributed by atoms with Gasteiger partial charge in [0.1, 0.15) is 23.9 Å². The second kappa shape index (κ2) is 11.5. The van der Waals surface area contributed by atoms with Gasteiger partial charge in [0.15, 0.2) is 7.14 Å². The van der Waals surface area contributed by atoms with Crippen LogP contribution in [0, 0.1) is 0 Å². The first-order valence-corrected chi connectivity index (χ1v) is 15.3. The molecule has 0 aliphatic carbocycles. The van der Waals surface area contributed by atoms with Gasteiger partial charge in [-0.15, -0.1) is 0 Å². The van der Waals surface area contributed by atoms with Crippen LogP contribution in [0.3, 0.4) is 0 Å². The fourth-order valence-corrected chi connectivity index (χ4v) is 8.78. The molecule has 204 valence electrons. The summed E-state index contributed by atoms with van der Waals surface area (Å²) in [5.74, 6) is 0.369. The number of rotatable bonds is 9. The number of hydrogen-bond donors (Lipinski definition) is 0. The summed E-state index contributed by atoms with van der Waals surface area (Å²) in [6.45, 7) is 0.613. The maximum absolute atomic E-state index is 15.8. The van der Waals surface area contributed by atoms with Gasteiger partial charge in [0.05, 0.1) is 7.11 Å². The number of nitrogens with zero attached hydrogens (tertiary/aromatic N) is 1. The first kappa shape index (κ1) is 26.6. The molecule has 0 saturated heterocycles. The largest absolute Gasteiger partial charge is 0.497 e. The van der Waals surface area contributed by atoms with Gasteiger partial charge >= 0.3 is 0 Å². The SMILES string of the molecule is COc1ccc(CN2C(=O)c3cccc(OCc4ccccc4)c3C2P(=O)(c2ccccc2)c2ccccc2)cc1. The Labute approximate surface area is 240 Å². The van der Waals surface area contributed by atoms with Crippen LogP contribution in [0.25, 0.3) is 0 Å². The molecule has 0 radical (unpaired) electrons. The third-order valence-electron chi connectivity index (χ3n) is 7.48. The van der Waals surface area contributed by atoms with E-state index in [1.165, 1.54) is 0 Å². The van der Waals surface area contributed by atoms with E-state index in [-0.39, 0.29) is 12.5 Å². The van der Waals surface area contributed by atoms with Crippen LogP contribution in [0.2, 0.25) is 0 Å². The molecule has 41 heavy (non-hydrogen) atoms. The number of methoxy groups -OCH3 is 1. The van der Waals surface area contributed by atoms with Crippen molar-refractivity contribution in [2.75, 3.05) is 7.11 Å². The molecule has 0 saturated carbocycles. The highest BCUT2D eigenvalue weighted by molar-refractivity contribution is 7.79. The van der Waals surface area contributed by atoms with Crippen LogP contribution in [0.1, 0.15) is 32.8 Å². The van der Waals surface area contributed by atoms with Crippen molar-refractivity contribution in [2.24, 2.45) is 0 Å². The number of ether oxygens (including phenoxy) is 2. The molecular formula is C35H30NO4P. The molecule has 5 aromatic carbocycles. The predicted octanol–water partition coefficient (Wildman–Crippen LogP) is 6.94. The van der Waals surface area contributed by atoms with E-state index in [0.29, 0.717) is 34.1 Å². The molecule has 0 bridgehead atoms. The zero-order chi connectivity index (χ0) is 28.2. The van der Waals surface area contributed by atoms with Crippen LogP contribution in [0.5, 0.6) is 11.5 Å². The number of hydrogen-bond acceptors (Lipinski definition) is 4. The Hall–Kier alpha value is -4.60. The Morgan fingerprint density at radius 3 is 1.85 bits per heavy atom. The highest BCUT2D eigenvalue weighted by Gasteiger charge is 2.50. The summed E-state index contributed by atoms with van der Waals surface area (Å²) in [5, 5.41) is 1.38. The van der Waals surface area contributed by atoms with Crippen LogP contribution < -0.4 is 20.1 Å². The Balaban J connectivity index is 1.53. The normalized spacial score (nSPS) is 14.5. The molecular weight excluding hydrogens is 529 g/mol. The van der Waals surface area contributed by atoms with E-state index in [1.54, 1.807) is 12.0 Å². The topological polar surface area (TPSA) is 55.8 Å². The zero-order valence-corrected chi connectivity index (χ0v) is 23.6. The van der Waals surface area contributed by atoms with Crippen molar-refractivity contribution in [3.05, 3.63) is 156 Å². The predicted molar refractivity (Wildman–Crippen MR) is 163 cm³/mol. The summed E-state index contributed by atoms with van der Waals surface area (Å²) in [6.07, 6.45) is 0. The van der Waals surface area contributed by atoms with Crippen molar-refractivity contribution < 1.29 is 18.8 Å².